The van der Waals surface area contributed by atoms with E-state index in [0.717, 1.165) is 26.2 Å². The van der Waals surface area contributed by atoms with Gasteiger partial charge in [-0.15, -0.1) is 0 Å². The van der Waals surface area contributed by atoms with Crippen molar-refractivity contribution in [2.45, 2.75) is 12.8 Å². The Kier molecular flexibility index (Phi) is 5.29. The van der Waals surface area contributed by atoms with Crippen molar-refractivity contribution in [1.82, 2.24) is 10.6 Å². The molecule has 2 heterocycles. The van der Waals surface area contributed by atoms with Crippen LogP contribution in [0.2, 0.25) is 0 Å². The molecule has 0 fully saturated rings. The van der Waals surface area contributed by atoms with Gasteiger partial charge in [0.2, 0.25) is 0 Å². The Morgan fingerprint density at radius 3 is 2.33 bits per heavy atom. The summed E-state index contributed by atoms with van der Waals surface area (Å²) in [5.41, 5.74) is 0. The minimum Gasteiger partial charge on any atom is -0.376 e. The van der Waals surface area contributed by atoms with Gasteiger partial charge in [0.1, 0.15) is 0 Å². The summed E-state index contributed by atoms with van der Waals surface area (Å²) in [6.07, 6.45) is 8.53. The quantitative estimate of drug-likeness (QED) is 0.517. The molecule has 2 aliphatic rings. The van der Waals surface area contributed by atoms with Crippen molar-refractivity contribution < 1.29 is 0 Å². The van der Waals surface area contributed by atoms with Crippen molar-refractivity contribution in [3.05, 3.63) is 12.2 Å². The fourth-order valence-corrected chi connectivity index (χ4v) is 1.04. The number of aliphatic imine (C=N–C) groups is 1. The molecule has 68 valence electrons. The summed E-state index contributed by atoms with van der Waals surface area (Å²) in [4.78, 5) is 3.94. The number of hydrogen-bond acceptors (Lipinski definition) is 3. The Bertz CT molecular complexity index is 118. The van der Waals surface area contributed by atoms with E-state index in [1.54, 1.807) is 6.34 Å². The summed E-state index contributed by atoms with van der Waals surface area (Å²) in [7, 11) is 0. The highest BCUT2D eigenvalue weighted by Crippen LogP contribution is 1.84. The Morgan fingerprint density at radius 2 is 2.17 bits per heavy atom. The van der Waals surface area contributed by atoms with Crippen LogP contribution in [0.25, 0.3) is 0 Å². The van der Waals surface area contributed by atoms with Crippen LogP contribution in [0.1, 0.15) is 12.8 Å². The Morgan fingerprint density at radius 1 is 1.17 bits per heavy atom. The van der Waals surface area contributed by atoms with Gasteiger partial charge in [-0.2, -0.15) is 0 Å². The SMILES string of the molecule is C1=CCNCC1.C1=NCCCN1. The third kappa shape index (κ3) is 4.91. The van der Waals surface area contributed by atoms with E-state index in [1.807, 2.05) is 0 Å². The van der Waals surface area contributed by atoms with Crippen LogP contribution in [0.3, 0.4) is 0 Å². The lowest BCUT2D eigenvalue weighted by molar-refractivity contribution is 0.728. The van der Waals surface area contributed by atoms with Gasteiger partial charge in [-0.05, 0) is 19.4 Å². The minimum absolute atomic E-state index is 1.01. The Balaban J connectivity index is 0.000000120. The van der Waals surface area contributed by atoms with Gasteiger partial charge in [0, 0.05) is 19.6 Å². The van der Waals surface area contributed by atoms with Gasteiger partial charge in [0.25, 0.3) is 0 Å². The normalized spacial score (nSPS) is 20.7. The molecule has 0 bridgehead atoms. The Labute approximate surface area is 74.0 Å². The molecule has 2 rings (SSSR count). The summed E-state index contributed by atoms with van der Waals surface area (Å²) < 4.78 is 0. The van der Waals surface area contributed by atoms with E-state index in [-0.39, 0.29) is 0 Å². The molecule has 0 aromatic heterocycles. The van der Waals surface area contributed by atoms with Crippen LogP contribution in [0, 0.1) is 0 Å². The molecule has 0 aliphatic carbocycles. The predicted octanol–water partition coefficient (Wildman–Crippen LogP) is 0.544. The average molecular weight is 167 g/mol. The molecule has 0 spiro atoms. The van der Waals surface area contributed by atoms with E-state index < -0.39 is 0 Å². The molecule has 0 saturated carbocycles. The van der Waals surface area contributed by atoms with Gasteiger partial charge in [-0.25, -0.2) is 0 Å². The number of rotatable bonds is 0. The zero-order valence-electron chi connectivity index (χ0n) is 7.42. The molecule has 0 atom stereocenters. The van der Waals surface area contributed by atoms with E-state index in [4.69, 9.17) is 0 Å². The average Bonchev–Trinajstić information content (AvgIpc) is 2.24. The smallest absolute Gasteiger partial charge is 0.0823 e. The summed E-state index contributed by atoms with van der Waals surface area (Å²) in [5.74, 6) is 0. The summed E-state index contributed by atoms with van der Waals surface area (Å²) in [5, 5.41) is 6.19. The maximum Gasteiger partial charge on any atom is 0.0823 e. The molecular formula is C9H17N3. The second kappa shape index (κ2) is 6.85. The Hall–Kier alpha value is -0.830. The lowest BCUT2D eigenvalue weighted by Gasteiger charge is -2.01. The molecule has 3 nitrogen and oxygen atoms in total. The van der Waals surface area contributed by atoms with Gasteiger partial charge in [0.05, 0.1) is 6.34 Å². The van der Waals surface area contributed by atoms with E-state index >= 15 is 0 Å². The molecule has 2 N–H and O–H groups in total. The zero-order chi connectivity index (χ0) is 8.49. The highest BCUT2D eigenvalue weighted by Gasteiger charge is 1.85. The maximum absolute atomic E-state index is 3.94. The summed E-state index contributed by atoms with van der Waals surface area (Å²) in [6, 6.07) is 0. The van der Waals surface area contributed by atoms with Crippen molar-refractivity contribution >= 4 is 6.34 Å². The van der Waals surface area contributed by atoms with E-state index in [9.17, 15) is 0 Å². The second-order valence-electron chi connectivity index (χ2n) is 2.81. The highest BCUT2D eigenvalue weighted by atomic mass is 15.0. The molecule has 3 heteroatoms. The van der Waals surface area contributed by atoms with Crippen molar-refractivity contribution in [2.24, 2.45) is 4.99 Å². The van der Waals surface area contributed by atoms with E-state index in [1.165, 1.54) is 12.8 Å². The van der Waals surface area contributed by atoms with Crippen LogP contribution in [-0.2, 0) is 0 Å². The van der Waals surface area contributed by atoms with Crippen molar-refractivity contribution in [2.75, 3.05) is 26.2 Å². The van der Waals surface area contributed by atoms with Gasteiger partial charge < -0.3 is 10.6 Å². The highest BCUT2D eigenvalue weighted by molar-refractivity contribution is 5.54. The molecule has 0 saturated heterocycles. The minimum atomic E-state index is 1.01. The first kappa shape index (κ1) is 9.26. The molecule has 0 unspecified atom stereocenters. The second-order valence-corrected chi connectivity index (χ2v) is 2.81. The monoisotopic (exact) mass is 167 g/mol. The molecule has 0 aromatic carbocycles. The van der Waals surface area contributed by atoms with Crippen molar-refractivity contribution in [1.29, 1.82) is 0 Å². The third-order valence-corrected chi connectivity index (χ3v) is 1.71. The summed E-state index contributed by atoms with van der Waals surface area (Å²) >= 11 is 0. The fraction of sp³-hybridized carbons (Fsp3) is 0.667. The first-order valence-electron chi connectivity index (χ1n) is 4.57. The van der Waals surface area contributed by atoms with Crippen LogP contribution in [0.4, 0.5) is 0 Å². The topological polar surface area (TPSA) is 36.4 Å². The maximum atomic E-state index is 3.94. The molecule has 0 aromatic rings. The third-order valence-electron chi connectivity index (χ3n) is 1.71. The molecule has 0 radical (unpaired) electrons. The molecular weight excluding hydrogens is 150 g/mol. The van der Waals surface area contributed by atoms with Crippen LogP contribution in [0.5, 0.6) is 0 Å². The van der Waals surface area contributed by atoms with Crippen LogP contribution in [-0.4, -0.2) is 32.5 Å². The van der Waals surface area contributed by atoms with Crippen molar-refractivity contribution in [3.8, 4) is 0 Å². The van der Waals surface area contributed by atoms with Crippen molar-refractivity contribution in [3.63, 3.8) is 0 Å². The fourth-order valence-electron chi connectivity index (χ4n) is 1.04. The first-order chi connectivity index (χ1) is 6.00. The van der Waals surface area contributed by atoms with Crippen LogP contribution >= 0.6 is 0 Å². The predicted molar refractivity (Wildman–Crippen MR) is 52.6 cm³/mol. The standard InChI is InChI=1S/C5H9N.C4H8N2/c1-2-4-6-5-3-1;1-2-5-4-6-3-1/h1-2,6H,3-5H2;4H,1-3H2,(H,5,6). The number of hydrogen-bond donors (Lipinski definition) is 2. The largest absolute Gasteiger partial charge is 0.376 e. The van der Waals surface area contributed by atoms with Gasteiger partial charge in [-0.3, -0.25) is 4.99 Å². The van der Waals surface area contributed by atoms with Gasteiger partial charge in [-0.1, -0.05) is 12.2 Å². The molecule has 12 heavy (non-hydrogen) atoms. The van der Waals surface area contributed by atoms with E-state index in [2.05, 4.69) is 27.8 Å². The molecule has 2 aliphatic heterocycles. The zero-order valence-corrected chi connectivity index (χ0v) is 7.42. The number of nitrogens with one attached hydrogen (secondary N) is 2. The van der Waals surface area contributed by atoms with Crippen LogP contribution in [0.15, 0.2) is 17.1 Å². The van der Waals surface area contributed by atoms with Crippen LogP contribution < -0.4 is 10.6 Å². The van der Waals surface area contributed by atoms with Gasteiger partial charge in [0.15, 0.2) is 0 Å². The lowest BCUT2D eigenvalue weighted by Crippen LogP contribution is -2.17. The summed E-state index contributed by atoms with van der Waals surface area (Å²) in [6.45, 7) is 4.34. The lowest BCUT2D eigenvalue weighted by atomic mass is 10.3. The van der Waals surface area contributed by atoms with Gasteiger partial charge >= 0.3 is 0 Å². The molecule has 0 amide bonds. The van der Waals surface area contributed by atoms with E-state index in [0.29, 0.717) is 0 Å². The number of nitrogens with zero attached hydrogens (tertiary/aromatic N) is 1. The first-order valence-corrected chi connectivity index (χ1v) is 4.57.